The fourth-order valence-corrected chi connectivity index (χ4v) is 1.39. The maximum absolute atomic E-state index is 12.8. The maximum Gasteiger partial charge on any atom is 0.265 e. The highest BCUT2D eigenvalue weighted by molar-refractivity contribution is 5.97. The van der Waals surface area contributed by atoms with Crippen molar-refractivity contribution in [2.24, 2.45) is 0 Å². The van der Waals surface area contributed by atoms with Crippen molar-refractivity contribution in [1.82, 2.24) is 0 Å². The number of anilines is 1. The smallest absolute Gasteiger partial charge is 0.265 e. The van der Waals surface area contributed by atoms with Crippen LogP contribution in [0.4, 0.5) is 10.1 Å². The van der Waals surface area contributed by atoms with Crippen LogP contribution in [0.1, 0.15) is 28.6 Å². The second-order valence-corrected chi connectivity index (χ2v) is 3.14. The number of rotatable bonds is 1. The van der Waals surface area contributed by atoms with E-state index in [2.05, 4.69) is 5.32 Å². The van der Waals surface area contributed by atoms with Gasteiger partial charge in [0.1, 0.15) is 11.6 Å². The summed E-state index contributed by atoms with van der Waals surface area (Å²) in [6, 6.07) is 4.08. The van der Waals surface area contributed by atoms with Crippen LogP contribution in [0.25, 0.3) is 0 Å². The zero-order valence-corrected chi connectivity index (χ0v) is 9.71. The molecular formula is C12H18FNO2. The summed E-state index contributed by atoms with van der Waals surface area (Å²) < 4.78 is 18.2. The number of hydrogen-bond donors (Lipinski definition) is 1. The van der Waals surface area contributed by atoms with E-state index < -0.39 is 6.10 Å². The highest BCUT2D eigenvalue weighted by Gasteiger charge is 2.25. The first-order valence-electron chi connectivity index (χ1n) is 5.47. The number of nitrogens with one attached hydrogen (secondary N) is 1. The van der Waals surface area contributed by atoms with Gasteiger partial charge in [-0.25, -0.2) is 4.39 Å². The van der Waals surface area contributed by atoms with Crippen LogP contribution in [-0.4, -0.2) is 12.0 Å². The molecule has 0 aliphatic carbocycles. The van der Waals surface area contributed by atoms with Crippen molar-refractivity contribution in [2.45, 2.75) is 33.3 Å². The molecule has 90 valence electrons. The fraction of sp³-hybridized carbons (Fsp3) is 0.417. The van der Waals surface area contributed by atoms with Crippen LogP contribution < -0.4 is 10.1 Å². The number of carbonyl (C=O) groups is 1. The molecule has 1 aromatic carbocycles. The van der Waals surface area contributed by atoms with E-state index in [4.69, 9.17) is 4.74 Å². The Balaban J connectivity index is 0.000000811. The van der Waals surface area contributed by atoms with Gasteiger partial charge in [-0.3, -0.25) is 4.79 Å². The molecule has 0 radical (unpaired) electrons. The van der Waals surface area contributed by atoms with Crippen LogP contribution in [0.3, 0.4) is 0 Å². The van der Waals surface area contributed by atoms with Gasteiger partial charge < -0.3 is 10.1 Å². The molecule has 1 aliphatic rings. The van der Waals surface area contributed by atoms with Gasteiger partial charge in [0.15, 0.2) is 6.10 Å². The van der Waals surface area contributed by atoms with E-state index in [1.165, 1.54) is 18.2 Å². The molecule has 2 rings (SSSR count). The summed E-state index contributed by atoms with van der Waals surface area (Å²) in [6.07, 6.45) is 0.135. The SMILES string of the molecule is CC.CCC1Oc2ccc(F)cc2NC1=O.[HH]. The molecule has 1 amide bonds. The van der Waals surface area contributed by atoms with Gasteiger partial charge in [-0.1, -0.05) is 20.8 Å². The molecule has 0 bridgehead atoms. The highest BCUT2D eigenvalue weighted by atomic mass is 19.1. The van der Waals surface area contributed by atoms with Crippen molar-refractivity contribution in [3.05, 3.63) is 24.0 Å². The van der Waals surface area contributed by atoms with E-state index in [0.717, 1.165) is 0 Å². The second kappa shape index (κ2) is 5.49. The first-order valence-corrected chi connectivity index (χ1v) is 5.47. The minimum absolute atomic E-state index is 0. The zero-order valence-electron chi connectivity index (χ0n) is 9.71. The van der Waals surface area contributed by atoms with Crippen LogP contribution in [0.5, 0.6) is 5.75 Å². The number of benzene rings is 1. The quantitative estimate of drug-likeness (QED) is 0.800. The van der Waals surface area contributed by atoms with Crippen molar-refractivity contribution in [2.75, 3.05) is 5.32 Å². The maximum atomic E-state index is 12.8. The summed E-state index contributed by atoms with van der Waals surface area (Å²) in [4.78, 5) is 11.3. The lowest BCUT2D eigenvalue weighted by molar-refractivity contribution is -0.123. The average molecular weight is 227 g/mol. The largest absolute Gasteiger partial charge is 0.478 e. The molecule has 0 spiro atoms. The topological polar surface area (TPSA) is 38.3 Å². The Morgan fingerprint density at radius 2 is 2.19 bits per heavy atom. The summed E-state index contributed by atoms with van der Waals surface area (Å²) in [5, 5.41) is 2.60. The Labute approximate surface area is 96.1 Å². The summed E-state index contributed by atoms with van der Waals surface area (Å²) >= 11 is 0. The number of amides is 1. The Morgan fingerprint density at radius 3 is 2.81 bits per heavy atom. The fourth-order valence-electron chi connectivity index (χ4n) is 1.39. The van der Waals surface area contributed by atoms with Gasteiger partial charge in [0.25, 0.3) is 5.91 Å². The van der Waals surface area contributed by atoms with Gasteiger partial charge >= 0.3 is 0 Å². The van der Waals surface area contributed by atoms with E-state index in [1.807, 2.05) is 20.8 Å². The number of hydrogen-bond acceptors (Lipinski definition) is 2. The van der Waals surface area contributed by atoms with Gasteiger partial charge in [0, 0.05) is 7.49 Å². The minimum atomic E-state index is -0.465. The third kappa shape index (κ3) is 2.51. The average Bonchev–Trinajstić information content (AvgIpc) is 2.30. The third-order valence-electron chi connectivity index (χ3n) is 2.13. The molecule has 0 fully saturated rings. The predicted molar refractivity (Wildman–Crippen MR) is 63.2 cm³/mol. The lowest BCUT2D eigenvalue weighted by Gasteiger charge is -2.24. The van der Waals surface area contributed by atoms with E-state index in [1.54, 1.807) is 0 Å². The highest BCUT2D eigenvalue weighted by Crippen LogP contribution is 2.30. The van der Waals surface area contributed by atoms with Gasteiger partial charge in [-0.15, -0.1) is 0 Å². The molecule has 1 N–H and O–H groups in total. The molecule has 0 aromatic heterocycles. The summed E-state index contributed by atoms with van der Waals surface area (Å²) in [5.41, 5.74) is 0.403. The molecule has 1 heterocycles. The minimum Gasteiger partial charge on any atom is -0.478 e. The Morgan fingerprint density at radius 1 is 1.50 bits per heavy atom. The Kier molecular flexibility index (Phi) is 4.28. The van der Waals surface area contributed by atoms with Crippen LogP contribution in [-0.2, 0) is 4.79 Å². The summed E-state index contributed by atoms with van der Waals surface area (Å²) in [6.45, 7) is 5.86. The van der Waals surface area contributed by atoms with Crippen LogP contribution >= 0.6 is 0 Å². The number of halogens is 1. The molecule has 1 aromatic rings. The van der Waals surface area contributed by atoms with Gasteiger partial charge in [0.05, 0.1) is 5.69 Å². The molecule has 1 aliphatic heterocycles. The first kappa shape index (κ1) is 12.5. The van der Waals surface area contributed by atoms with Gasteiger partial charge in [0.2, 0.25) is 0 Å². The molecule has 1 unspecified atom stereocenters. The Hall–Kier alpha value is -1.58. The summed E-state index contributed by atoms with van der Waals surface area (Å²) in [5.74, 6) is -0.0777. The summed E-state index contributed by atoms with van der Waals surface area (Å²) in [7, 11) is 0. The number of ether oxygens (including phenoxy) is 1. The van der Waals surface area contributed by atoms with E-state index in [9.17, 15) is 9.18 Å². The van der Waals surface area contributed by atoms with Crippen molar-refractivity contribution in [3.8, 4) is 5.75 Å². The van der Waals surface area contributed by atoms with Crippen molar-refractivity contribution in [1.29, 1.82) is 0 Å². The van der Waals surface area contributed by atoms with E-state index >= 15 is 0 Å². The van der Waals surface area contributed by atoms with E-state index in [0.29, 0.717) is 17.9 Å². The normalized spacial score (nSPS) is 17.5. The van der Waals surface area contributed by atoms with Crippen LogP contribution in [0.15, 0.2) is 18.2 Å². The monoisotopic (exact) mass is 227 g/mol. The van der Waals surface area contributed by atoms with Crippen molar-refractivity contribution >= 4 is 11.6 Å². The molecule has 16 heavy (non-hydrogen) atoms. The molecular weight excluding hydrogens is 209 g/mol. The lowest BCUT2D eigenvalue weighted by Crippen LogP contribution is -2.36. The third-order valence-corrected chi connectivity index (χ3v) is 2.13. The van der Waals surface area contributed by atoms with Gasteiger partial charge in [-0.05, 0) is 18.6 Å². The lowest BCUT2D eigenvalue weighted by atomic mass is 10.2. The van der Waals surface area contributed by atoms with Crippen LogP contribution in [0.2, 0.25) is 0 Å². The van der Waals surface area contributed by atoms with Crippen LogP contribution in [0, 0.1) is 5.82 Å². The molecule has 0 saturated heterocycles. The molecule has 1 atom stereocenters. The molecule has 0 saturated carbocycles. The van der Waals surface area contributed by atoms with Crippen molar-refractivity contribution < 1.29 is 15.3 Å². The number of fused-ring (bicyclic) bond motifs is 1. The number of carbonyl (C=O) groups excluding carboxylic acids is 1. The van der Waals surface area contributed by atoms with Gasteiger partial charge in [-0.2, -0.15) is 0 Å². The predicted octanol–water partition coefficient (Wildman–Crippen LogP) is 3.21. The standard InChI is InChI=1S/C10H10FNO2.C2H6.H2/c1-2-8-10(13)12-7-5-6(11)3-4-9(7)14-8;1-2;/h3-5,8H,2H2,1H3,(H,12,13);1-2H3;1H. The van der Waals surface area contributed by atoms with Crippen molar-refractivity contribution in [3.63, 3.8) is 0 Å². The Bertz CT molecular complexity index is 385. The molecule has 4 heteroatoms. The first-order chi connectivity index (χ1) is 7.70. The second-order valence-electron chi connectivity index (χ2n) is 3.14. The molecule has 3 nitrogen and oxygen atoms in total. The van der Waals surface area contributed by atoms with E-state index in [-0.39, 0.29) is 13.2 Å². The zero-order chi connectivity index (χ0) is 12.1.